The monoisotopic (exact) mass is 475 g/mol. The molecule has 0 bridgehead atoms. The van der Waals surface area contributed by atoms with E-state index in [1.54, 1.807) is 0 Å². The van der Waals surface area contributed by atoms with Crippen molar-refractivity contribution in [3.63, 3.8) is 0 Å². The Morgan fingerprint density at radius 1 is 0.486 bits per heavy atom. The minimum Gasteiger partial charge on any atom is -0.340 e. The second-order valence-corrected chi connectivity index (χ2v) is 9.55. The molecule has 0 N–H and O–H groups in total. The third kappa shape index (κ3) is 3.68. The van der Waals surface area contributed by atoms with E-state index in [0.717, 1.165) is 22.8 Å². The molecule has 0 radical (unpaired) electrons. The van der Waals surface area contributed by atoms with Crippen molar-refractivity contribution in [3.05, 3.63) is 132 Å². The van der Waals surface area contributed by atoms with Crippen LogP contribution >= 0.6 is 0 Å². The molecular weight excluding hydrogens is 450 g/mol. The number of fused-ring (bicyclic) bond motifs is 6. The lowest BCUT2D eigenvalue weighted by molar-refractivity contribution is 0.517. The quantitative estimate of drug-likeness (QED) is 0.239. The summed E-state index contributed by atoms with van der Waals surface area (Å²) in [6, 6.07) is 43.0. The summed E-state index contributed by atoms with van der Waals surface area (Å²) in [5.41, 5.74) is 4.51. The van der Waals surface area contributed by atoms with Crippen LogP contribution in [0.1, 0.15) is 11.1 Å². The molecule has 7 rings (SSSR count). The molecule has 37 heavy (non-hydrogen) atoms. The fraction of sp³-hybridized carbons (Fsp3) is 0.0588. The van der Waals surface area contributed by atoms with E-state index in [0.29, 0.717) is 6.67 Å². The van der Waals surface area contributed by atoms with Crippen LogP contribution in [-0.4, -0.2) is 30.3 Å². The third-order valence-corrected chi connectivity index (χ3v) is 7.24. The van der Waals surface area contributed by atoms with E-state index in [2.05, 4.69) is 120 Å². The lowest BCUT2D eigenvalue weighted by Gasteiger charge is -2.24. The molecule has 3 nitrogen and oxygen atoms in total. The van der Waals surface area contributed by atoms with E-state index >= 15 is 0 Å². The molecule has 0 aliphatic carbocycles. The first-order chi connectivity index (χ1) is 18.3. The second-order valence-electron chi connectivity index (χ2n) is 9.55. The highest BCUT2D eigenvalue weighted by Crippen LogP contribution is 2.35. The van der Waals surface area contributed by atoms with Crippen LogP contribution in [0.5, 0.6) is 0 Å². The molecule has 1 aliphatic heterocycles. The third-order valence-electron chi connectivity index (χ3n) is 7.24. The van der Waals surface area contributed by atoms with Crippen LogP contribution < -0.4 is 0 Å². The minimum atomic E-state index is 0.570. The molecule has 0 saturated heterocycles. The summed E-state index contributed by atoms with van der Waals surface area (Å²) in [5, 5.41) is 7.58. The van der Waals surface area contributed by atoms with E-state index in [1.807, 2.05) is 13.1 Å². The molecule has 0 unspecified atom stereocenters. The number of hydrogen-bond donors (Lipinski definition) is 0. The fourth-order valence-corrected chi connectivity index (χ4v) is 5.42. The molecule has 0 spiro atoms. The van der Waals surface area contributed by atoms with Crippen molar-refractivity contribution < 1.29 is 0 Å². The van der Waals surface area contributed by atoms with Gasteiger partial charge in [0.05, 0.1) is 0 Å². The van der Waals surface area contributed by atoms with Gasteiger partial charge in [0.25, 0.3) is 0 Å². The van der Waals surface area contributed by atoms with Crippen molar-refractivity contribution in [1.82, 2.24) is 4.90 Å². The predicted molar refractivity (Wildman–Crippen MR) is 157 cm³/mol. The zero-order chi connectivity index (χ0) is 24.8. The predicted octanol–water partition coefficient (Wildman–Crippen LogP) is 7.91. The smallest absolute Gasteiger partial charge is 0.158 e. The first kappa shape index (κ1) is 21.5. The van der Waals surface area contributed by atoms with Crippen molar-refractivity contribution in [3.8, 4) is 11.1 Å². The van der Waals surface area contributed by atoms with E-state index < -0.39 is 0 Å². The normalized spacial score (nSPS) is 13.7. The molecule has 0 aromatic heterocycles. The summed E-state index contributed by atoms with van der Waals surface area (Å²) in [5.74, 6) is 1.71. The van der Waals surface area contributed by atoms with Gasteiger partial charge < -0.3 is 4.90 Å². The van der Waals surface area contributed by atoms with Gasteiger partial charge in [-0.1, -0.05) is 109 Å². The van der Waals surface area contributed by atoms with Gasteiger partial charge in [-0.2, -0.15) is 0 Å². The van der Waals surface area contributed by atoms with E-state index in [1.165, 1.54) is 43.4 Å². The van der Waals surface area contributed by atoms with Crippen molar-refractivity contribution in [2.75, 3.05) is 13.7 Å². The Kier molecular flexibility index (Phi) is 5.07. The largest absolute Gasteiger partial charge is 0.340 e. The molecule has 176 valence electrons. The Bertz CT molecular complexity index is 1830. The van der Waals surface area contributed by atoms with E-state index in [4.69, 9.17) is 9.98 Å². The van der Waals surface area contributed by atoms with Gasteiger partial charge in [0.2, 0.25) is 0 Å². The molecule has 0 fully saturated rings. The fourth-order valence-electron chi connectivity index (χ4n) is 5.42. The van der Waals surface area contributed by atoms with Crippen LogP contribution in [0.4, 0.5) is 0 Å². The minimum absolute atomic E-state index is 0.570. The Balaban J connectivity index is 1.36. The van der Waals surface area contributed by atoms with Crippen molar-refractivity contribution in [2.45, 2.75) is 0 Å². The maximum Gasteiger partial charge on any atom is 0.158 e. The SMILES string of the molecule is CN1CN=C(c2ccc3c4ccccc4c4ccccc4c3c2)N=C1c1cccc(-c2ccccc2)c1. The van der Waals surface area contributed by atoms with Gasteiger partial charge in [-0.05, 0) is 55.6 Å². The molecule has 0 saturated carbocycles. The highest BCUT2D eigenvalue weighted by molar-refractivity contribution is 6.26. The van der Waals surface area contributed by atoms with E-state index in [-0.39, 0.29) is 0 Å². The van der Waals surface area contributed by atoms with Gasteiger partial charge in [-0.25, -0.2) is 9.98 Å². The van der Waals surface area contributed by atoms with Gasteiger partial charge in [0, 0.05) is 18.2 Å². The van der Waals surface area contributed by atoms with Crippen molar-refractivity contribution in [1.29, 1.82) is 0 Å². The van der Waals surface area contributed by atoms with Gasteiger partial charge in [0.15, 0.2) is 5.84 Å². The Morgan fingerprint density at radius 2 is 1.05 bits per heavy atom. The van der Waals surface area contributed by atoms with Crippen LogP contribution in [0.2, 0.25) is 0 Å². The van der Waals surface area contributed by atoms with Crippen molar-refractivity contribution in [2.24, 2.45) is 9.98 Å². The first-order valence-corrected chi connectivity index (χ1v) is 12.6. The highest BCUT2D eigenvalue weighted by Gasteiger charge is 2.18. The highest BCUT2D eigenvalue weighted by atomic mass is 15.3. The molecule has 6 aromatic rings. The Hall–Kier alpha value is -4.76. The molecule has 3 heteroatoms. The Morgan fingerprint density at radius 3 is 1.76 bits per heavy atom. The van der Waals surface area contributed by atoms with Crippen LogP contribution in [-0.2, 0) is 0 Å². The summed E-state index contributed by atoms with van der Waals surface area (Å²) >= 11 is 0. The summed E-state index contributed by atoms with van der Waals surface area (Å²) < 4.78 is 0. The second kappa shape index (κ2) is 8.72. The number of benzene rings is 6. The van der Waals surface area contributed by atoms with Crippen LogP contribution in [0.15, 0.2) is 131 Å². The topological polar surface area (TPSA) is 28.0 Å². The maximum atomic E-state index is 5.08. The molecule has 0 atom stereocenters. The summed E-state index contributed by atoms with van der Waals surface area (Å²) in [7, 11) is 2.05. The van der Waals surface area contributed by atoms with Gasteiger partial charge in [-0.15, -0.1) is 0 Å². The van der Waals surface area contributed by atoms with Crippen LogP contribution in [0.3, 0.4) is 0 Å². The maximum absolute atomic E-state index is 5.08. The molecular formula is C34H25N3. The molecule has 6 aromatic carbocycles. The van der Waals surface area contributed by atoms with E-state index in [9.17, 15) is 0 Å². The van der Waals surface area contributed by atoms with Crippen LogP contribution in [0.25, 0.3) is 43.4 Å². The zero-order valence-electron chi connectivity index (χ0n) is 20.6. The molecule has 0 amide bonds. The molecule has 1 aliphatic rings. The summed E-state index contributed by atoms with van der Waals surface area (Å²) in [4.78, 5) is 12.0. The number of amidine groups is 2. The number of aliphatic imine (C=N–C) groups is 2. The lowest BCUT2D eigenvalue weighted by atomic mass is 9.93. The van der Waals surface area contributed by atoms with Gasteiger partial charge >= 0.3 is 0 Å². The Labute approximate surface area is 216 Å². The zero-order valence-corrected chi connectivity index (χ0v) is 20.6. The number of rotatable bonds is 3. The molecule has 1 heterocycles. The average Bonchev–Trinajstić information content (AvgIpc) is 2.98. The van der Waals surface area contributed by atoms with Crippen molar-refractivity contribution >= 4 is 44.0 Å². The first-order valence-electron chi connectivity index (χ1n) is 12.6. The summed E-state index contributed by atoms with van der Waals surface area (Å²) in [6.45, 7) is 0.570. The van der Waals surface area contributed by atoms with Gasteiger partial charge in [0.1, 0.15) is 12.5 Å². The number of hydrogen-bond acceptors (Lipinski definition) is 3. The standard InChI is InChI=1S/C34H25N3/c1-37-22-35-33(36-34(37)26-13-9-12-24(20-26)23-10-3-2-4-11-23)25-18-19-31-29-16-6-5-14-27(29)28-15-7-8-17-30(28)32(31)21-25/h2-21H,22H2,1H3. The summed E-state index contributed by atoms with van der Waals surface area (Å²) in [6.07, 6.45) is 0. The lowest BCUT2D eigenvalue weighted by Crippen LogP contribution is -2.32. The van der Waals surface area contributed by atoms with Crippen LogP contribution in [0, 0.1) is 0 Å². The average molecular weight is 476 g/mol. The van der Waals surface area contributed by atoms with Gasteiger partial charge in [-0.3, -0.25) is 0 Å². The number of nitrogens with zero attached hydrogens (tertiary/aromatic N) is 3.